The van der Waals surface area contributed by atoms with Crippen LogP contribution in [0.2, 0.25) is 5.02 Å². The van der Waals surface area contributed by atoms with E-state index in [0.29, 0.717) is 48.6 Å². The van der Waals surface area contributed by atoms with Crippen LogP contribution < -0.4 is 14.8 Å². The van der Waals surface area contributed by atoms with Crippen LogP contribution in [0.5, 0.6) is 11.5 Å². The van der Waals surface area contributed by atoms with Crippen molar-refractivity contribution in [2.24, 2.45) is 0 Å². The summed E-state index contributed by atoms with van der Waals surface area (Å²) in [6.07, 6.45) is 0. The summed E-state index contributed by atoms with van der Waals surface area (Å²) < 4.78 is 16.3. The van der Waals surface area contributed by atoms with E-state index in [9.17, 15) is 4.79 Å². The minimum Gasteiger partial charge on any atom is -0.492 e. The van der Waals surface area contributed by atoms with Crippen molar-refractivity contribution < 1.29 is 19.0 Å². The zero-order valence-corrected chi connectivity index (χ0v) is 16.6. The first-order chi connectivity index (χ1) is 13.0. The van der Waals surface area contributed by atoms with E-state index in [1.165, 1.54) is 0 Å². The second-order valence-corrected chi connectivity index (χ2v) is 6.43. The molecule has 0 heterocycles. The molecular formula is C20H25ClN2O4. The van der Waals surface area contributed by atoms with Crippen LogP contribution in [0.3, 0.4) is 0 Å². The number of amides is 2. The molecule has 2 amide bonds. The van der Waals surface area contributed by atoms with E-state index in [0.717, 1.165) is 5.56 Å². The van der Waals surface area contributed by atoms with Crippen LogP contribution in [-0.2, 0) is 4.74 Å². The van der Waals surface area contributed by atoms with Gasteiger partial charge in [-0.2, -0.15) is 0 Å². The van der Waals surface area contributed by atoms with E-state index >= 15 is 0 Å². The predicted molar refractivity (Wildman–Crippen MR) is 107 cm³/mol. The van der Waals surface area contributed by atoms with E-state index < -0.39 is 0 Å². The van der Waals surface area contributed by atoms with Crippen LogP contribution in [0.25, 0.3) is 0 Å². The molecule has 6 nitrogen and oxygen atoms in total. The molecule has 1 N–H and O–H groups in total. The van der Waals surface area contributed by atoms with Crippen LogP contribution in [0.15, 0.2) is 42.5 Å². The lowest BCUT2D eigenvalue weighted by atomic mass is 10.2. The second kappa shape index (κ2) is 10.6. The lowest BCUT2D eigenvalue weighted by Gasteiger charge is -2.20. The Morgan fingerprint density at radius 3 is 2.52 bits per heavy atom. The van der Waals surface area contributed by atoms with Crippen molar-refractivity contribution in [2.45, 2.75) is 6.92 Å². The minimum atomic E-state index is -0.241. The number of hydrogen-bond acceptors (Lipinski definition) is 4. The van der Waals surface area contributed by atoms with Crippen LogP contribution in [0, 0.1) is 6.92 Å². The van der Waals surface area contributed by atoms with Gasteiger partial charge in [-0.1, -0.05) is 17.7 Å². The number of likely N-dealkylation sites (N-methyl/N-ethyl adjacent to an activating group) is 1. The Bertz CT molecular complexity index is 737. The van der Waals surface area contributed by atoms with E-state index in [1.807, 2.05) is 25.1 Å². The highest BCUT2D eigenvalue weighted by molar-refractivity contribution is 6.30. The van der Waals surface area contributed by atoms with Crippen LogP contribution in [0.1, 0.15) is 5.56 Å². The van der Waals surface area contributed by atoms with Gasteiger partial charge in [0.05, 0.1) is 18.8 Å². The maximum atomic E-state index is 12.4. The lowest BCUT2D eigenvalue weighted by Crippen LogP contribution is -2.34. The number of carbonyl (C=O) groups excluding carboxylic acids is 1. The zero-order valence-electron chi connectivity index (χ0n) is 15.8. The van der Waals surface area contributed by atoms with Gasteiger partial charge in [-0.05, 0) is 48.9 Å². The average molecular weight is 393 g/mol. The number of benzene rings is 2. The summed E-state index contributed by atoms with van der Waals surface area (Å²) in [6.45, 7) is 3.66. The average Bonchev–Trinajstić information content (AvgIpc) is 2.65. The molecule has 0 aliphatic heterocycles. The monoisotopic (exact) mass is 392 g/mol. The summed E-state index contributed by atoms with van der Waals surface area (Å²) >= 11 is 5.84. The Balaban J connectivity index is 1.86. The Morgan fingerprint density at radius 2 is 1.81 bits per heavy atom. The van der Waals surface area contributed by atoms with E-state index in [1.54, 1.807) is 43.3 Å². The molecule has 0 unspecified atom stereocenters. The Morgan fingerprint density at radius 1 is 1.07 bits per heavy atom. The molecule has 0 atom stereocenters. The number of anilines is 1. The van der Waals surface area contributed by atoms with Crippen molar-refractivity contribution in [3.05, 3.63) is 53.1 Å². The first-order valence-electron chi connectivity index (χ1n) is 8.62. The molecule has 0 aromatic heterocycles. The molecule has 0 aliphatic rings. The highest BCUT2D eigenvalue weighted by Gasteiger charge is 2.12. The largest absolute Gasteiger partial charge is 0.492 e. The molecule has 0 spiro atoms. The normalized spacial score (nSPS) is 10.4. The summed E-state index contributed by atoms with van der Waals surface area (Å²) in [4.78, 5) is 14.0. The number of urea groups is 1. The molecule has 0 fully saturated rings. The predicted octanol–water partition coefficient (Wildman–Crippen LogP) is 4.22. The topological polar surface area (TPSA) is 60.0 Å². The highest BCUT2D eigenvalue weighted by atomic mass is 35.5. The van der Waals surface area contributed by atoms with Gasteiger partial charge in [-0.3, -0.25) is 0 Å². The van der Waals surface area contributed by atoms with Gasteiger partial charge >= 0.3 is 6.03 Å². The van der Waals surface area contributed by atoms with Crippen LogP contribution in [-0.4, -0.2) is 51.5 Å². The number of ether oxygens (including phenoxy) is 3. The maximum absolute atomic E-state index is 12.4. The fraction of sp³-hybridized carbons (Fsp3) is 0.350. The number of carbonyl (C=O) groups is 1. The van der Waals surface area contributed by atoms with Gasteiger partial charge in [0.1, 0.15) is 24.7 Å². The number of rotatable bonds is 9. The third kappa shape index (κ3) is 7.00. The molecule has 2 rings (SSSR count). The Hall–Kier alpha value is -2.44. The summed E-state index contributed by atoms with van der Waals surface area (Å²) in [5.74, 6) is 1.33. The van der Waals surface area contributed by atoms with Crippen molar-refractivity contribution in [2.75, 3.05) is 45.8 Å². The minimum absolute atomic E-state index is 0.241. The van der Waals surface area contributed by atoms with Gasteiger partial charge in [0.25, 0.3) is 0 Å². The number of hydrogen-bond donors (Lipinski definition) is 1. The number of halogens is 1. The quantitative estimate of drug-likeness (QED) is 0.649. The van der Waals surface area contributed by atoms with Crippen molar-refractivity contribution in [3.63, 3.8) is 0 Å². The standard InChI is InChI=1S/C20H25ClN2O4/c1-15-4-9-18(19(14-15)27-13-12-25-3)22-20(24)23(2)10-11-26-17-7-5-16(21)6-8-17/h4-9,14H,10-13H2,1-3H3,(H,22,24). The number of nitrogens with one attached hydrogen (secondary N) is 1. The van der Waals surface area contributed by atoms with Gasteiger partial charge in [-0.25, -0.2) is 4.79 Å². The molecule has 0 saturated carbocycles. The van der Waals surface area contributed by atoms with Crippen molar-refractivity contribution in [1.29, 1.82) is 0 Å². The van der Waals surface area contributed by atoms with Crippen molar-refractivity contribution in [1.82, 2.24) is 4.90 Å². The molecule has 0 saturated heterocycles. The third-order valence-electron chi connectivity index (χ3n) is 3.78. The summed E-state index contributed by atoms with van der Waals surface area (Å²) in [6, 6.07) is 12.5. The maximum Gasteiger partial charge on any atom is 0.321 e. The molecule has 7 heteroatoms. The van der Waals surface area contributed by atoms with E-state index in [2.05, 4.69) is 5.32 Å². The molecule has 0 radical (unpaired) electrons. The van der Waals surface area contributed by atoms with Gasteiger partial charge in [-0.15, -0.1) is 0 Å². The molecule has 27 heavy (non-hydrogen) atoms. The van der Waals surface area contributed by atoms with Crippen LogP contribution >= 0.6 is 11.6 Å². The highest BCUT2D eigenvalue weighted by Crippen LogP contribution is 2.26. The molecule has 0 bridgehead atoms. The number of aryl methyl sites for hydroxylation is 1. The summed E-state index contributed by atoms with van der Waals surface area (Å²) in [7, 11) is 3.32. The number of nitrogens with zero attached hydrogens (tertiary/aromatic N) is 1. The van der Waals surface area contributed by atoms with Gasteiger partial charge < -0.3 is 24.4 Å². The van der Waals surface area contributed by atoms with E-state index in [4.69, 9.17) is 25.8 Å². The zero-order chi connectivity index (χ0) is 19.6. The van der Waals surface area contributed by atoms with Gasteiger partial charge in [0, 0.05) is 19.2 Å². The molecule has 2 aromatic carbocycles. The lowest BCUT2D eigenvalue weighted by molar-refractivity contribution is 0.146. The Kier molecular flexibility index (Phi) is 8.23. The fourth-order valence-corrected chi connectivity index (χ4v) is 2.36. The summed E-state index contributed by atoms with van der Waals surface area (Å²) in [5.41, 5.74) is 1.66. The summed E-state index contributed by atoms with van der Waals surface area (Å²) in [5, 5.41) is 3.52. The molecular weight excluding hydrogens is 368 g/mol. The first-order valence-corrected chi connectivity index (χ1v) is 9.00. The SMILES string of the molecule is COCCOc1cc(C)ccc1NC(=O)N(C)CCOc1ccc(Cl)cc1. The molecule has 146 valence electrons. The molecule has 0 aliphatic carbocycles. The fourth-order valence-electron chi connectivity index (χ4n) is 2.23. The molecule has 2 aromatic rings. The smallest absolute Gasteiger partial charge is 0.321 e. The Labute approximate surface area is 165 Å². The number of methoxy groups -OCH3 is 1. The third-order valence-corrected chi connectivity index (χ3v) is 4.03. The van der Waals surface area contributed by atoms with Crippen molar-refractivity contribution >= 4 is 23.3 Å². The second-order valence-electron chi connectivity index (χ2n) is 5.99. The van der Waals surface area contributed by atoms with Crippen molar-refractivity contribution in [3.8, 4) is 11.5 Å². The van der Waals surface area contributed by atoms with Crippen LogP contribution in [0.4, 0.5) is 10.5 Å². The van der Waals surface area contributed by atoms with Gasteiger partial charge in [0.15, 0.2) is 0 Å². The van der Waals surface area contributed by atoms with E-state index in [-0.39, 0.29) is 6.03 Å². The van der Waals surface area contributed by atoms with Gasteiger partial charge in [0.2, 0.25) is 0 Å². The first kappa shape index (κ1) is 20.9.